The van der Waals surface area contributed by atoms with Crippen LogP contribution in [0.1, 0.15) is 37.1 Å². The molecule has 0 spiro atoms. The lowest BCUT2D eigenvalue weighted by atomic mass is 9.89. The van der Waals surface area contributed by atoms with Gasteiger partial charge in [-0.2, -0.15) is 0 Å². The number of aryl methyl sites for hydroxylation is 2. The molecule has 2 saturated carbocycles. The minimum Gasteiger partial charge on any atom is -0.489 e. The van der Waals surface area contributed by atoms with Gasteiger partial charge < -0.3 is 14.9 Å². The second-order valence-electron chi connectivity index (χ2n) is 7.73. The van der Waals surface area contributed by atoms with Crippen molar-refractivity contribution in [2.24, 2.45) is 18.9 Å². The number of fused-ring (bicyclic) bond motifs is 1. The van der Waals surface area contributed by atoms with Gasteiger partial charge in [0, 0.05) is 13.0 Å². The maximum Gasteiger partial charge on any atom is 0.341 e. The van der Waals surface area contributed by atoms with E-state index in [1.165, 1.54) is 4.68 Å². The van der Waals surface area contributed by atoms with Gasteiger partial charge in [0.2, 0.25) is 5.67 Å². The first-order valence-electron chi connectivity index (χ1n) is 9.40. The smallest absolute Gasteiger partial charge is 0.341 e. The maximum absolute atomic E-state index is 14.8. The van der Waals surface area contributed by atoms with E-state index in [1.807, 2.05) is 0 Å². The second-order valence-corrected chi connectivity index (χ2v) is 7.73. The third-order valence-electron chi connectivity index (χ3n) is 6.14. The number of alkyl halides is 1. The van der Waals surface area contributed by atoms with Crippen LogP contribution in [-0.2, 0) is 18.4 Å². The summed E-state index contributed by atoms with van der Waals surface area (Å²) in [5.74, 6) is -1.21. The van der Waals surface area contributed by atoms with E-state index >= 15 is 0 Å². The number of rotatable bonds is 5. The highest BCUT2D eigenvalue weighted by Gasteiger charge is 2.58. The molecule has 2 heterocycles. The molecule has 2 fully saturated rings. The minimum absolute atomic E-state index is 0.0466. The molecule has 0 saturated heterocycles. The van der Waals surface area contributed by atoms with Crippen LogP contribution in [0.25, 0.3) is 11.4 Å². The Labute approximate surface area is 161 Å². The zero-order valence-corrected chi connectivity index (χ0v) is 15.8. The minimum atomic E-state index is -2.13. The lowest BCUT2D eigenvalue weighted by Crippen LogP contribution is -2.38. The molecular weight excluding hydrogens is 367 g/mol. The highest BCUT2D eigenvalue weighted by Crippen LogP contribution is 2.52. The highest BCUT2D eigenvalue weighted by molar-refractivity contribution is 5.78. The first kappa shape index (κ1) is 18.8. The largest absolute Gasteiger partial charge is 0.489 e. The Bertz CT molecular complexity index is 917. The van der Waals surface area contributed by atoms with Crippen molar-refractivity contribution in [1.29, 1.82) is 0 Å². The molecule has 0 bridgehead atoms. The summed E-state index contributed by atoms with van der Waals surface area (Å²) in [5.41, 5.74) is 0.177. The Morgan fingerprint density at radius 3 is 2.89 bits per heavy atom. The van der Waals surface area contributed by atoms with Crippen molar-refractivity contribution in [3.63, 3.8) is 0 Å². The van der Waals surface area contributed by atoms with Crippen LogP contribution in [0, 0.1) is 18.8 Å². The van der Waals surface area contributed by atoms with Crippen molar-refractivity contribution in [3.05, 3.63) is 23.5 Å². The fourth-order valence-electron chi connectivity index (χ4n) is 4.63. The van der Waals surface area contributed by atoms with Crippen LogP contribution in [0.4, 0.5) is 4.39 Å². The first-order valence-corrected chi connectivity index (χ1v) is 9.40. The van der Waals surface area contributed by atoms with E-state index in [1.54, 1.807) is 26.1 Å². The molecular formula is C19H23FN4O4. The van der Waals surface area contributed by atoms with Crippen LogP contribution in [0.15, 0.2) is 12.1 Å². The molecule has 0 aliphatic heterocycles. The summed E-state index contributed by atoms with van der Waals surface area (Å²) < 4.78 is 22.3. The average Bonchev–Trinajstić information content (AvgIpc) is 3.32. The van der Waals surface area contributed by atoms with Gasteiger partial charge in [0.05, 0.1) is 29.8 Å². The molecule has 2 aromatic heterocycles. The Hall–Kier alpha value is -2.55. The van der Waals surface area contributed by atoms with E-state index in [-0.39, 0.29) is 25.0 Å². The van der Waals surface area contributed by atoms with Crippen molar-refractivity contribution in [2.75, 3.05) is 0 Å². The predicted octanol–water partition coefficient (Wildman–Crippen LogP) is 2.04. The number of pyridine rings is 1. The molecule has 2 N–H and O–H groups in total. The lowest BCUT2D eigenvalue weighted by Gasteiger charge is -2.22. The van der Waals surface area contributed by atoms with E-state index < -0.39 is 17.6 Å². The third-order valence-corrected chi connectivity index (χ3v) is 6.14. The van der Waals surface area contributed by atoms with Gasteiger partial charge in [-0.3, -0.25) is 0 Å². The number of carboxylic acid groups (broad SMARTS) is 1. The van der Waals surface area contributed by atoms with Gasteiger partial charge in [-0.25, -0.2) is 18.9 Å². The molecule has 2 aromatic rings. The number of aliphatic hydroxyl groups excluding tert-OH is 1. The predicted molar refractivity (Wildman–Crippen MR) is 96.2 cm³/mol. The van der Waals surface area contributed by atoms with Crippen LogP contribution < -0.4 is 4.74 Å². The highest BCUT2D eigenvalue weighted by atomic mass is 19.1. The third kappa shape index (κ3) is 2.94. The van der Waals surface area contributed by atoms with Crippen molar-refractivity contribution in [3.8, 4) is 17.1 Å². The van der Waals surface area contributed by atoms with Crippen molar-refractivity contribution < 1.29 is 24.1 Å². The topological polar surface area (TPSA) is 110 Å². The number of hydrogen-bond acceptors (Lipinski definition) is 6. The maximum atomic E-state index is 14.8. The Balaban J connectivity index is 1.50. The fraction of sp³-hybridized carbons (Fsp3) is 0.579. The van der Waals surface area contributed by atoms with Gasteiger partial charge in [0.15, 0.2) is 0 Å². The number of carboxylic acids is 1. The van der Waals surface area contributed by atoms with Crippen LogP contribution in [0.5, 0.6) is 5.75 Å². The Morgan fingerprint density at radius 1 is 1.43 bits per heavy atom. The van der Waals surface area contributed by atoms with Gasteiger partial charge in [-0.15, -0.1) is 5.10 Å². The molecule has 0 amide bonds. The van der Waals surface area contributed by atoms with Crippen LogP contribution >= 0.6 is 0 Å². The SMILES string of the molecule is Cc1nc(-c2nnn(C)c2CO)ccc1OC1CC2CCC(F)(C(=O)O)C2C1. The monoisotopic (exact) mass is 390 g/mol. The molecule has 4 atom stereocenters. The number of ether oxygens (including phenoxy) is 1. The number of nitrogens with zero attached hydrogens (tertiary/aromatic N) is 4. The fourth-order valence-corrected chi connectivity index (χ4v) is 4.63. The van der Waals surface area contributed by atoms with Gasteiger partial charge >= 0.3 is 5.97 Å². The molecule has 28 heavy (non-hydrogen) atoms. The Morgan fingerprint density at radius 2 is 2.21 bits per heavy atom. The molecule has 0 radical (unpaired) electrons. The van der Waals surface area contributed by atoms with Crippen molar-refractivity contribution in [2.45, 2.75) is 51.0 Å². The number of aromatic nitrogens is 4. The summed E-state index contributed by atoms with van der Waals surface area (Å²) in [7, 11) is 1.70. The summed E-state index contributed by atoms with van der Waals surface area (Å²) in [6.07, 6.45) is 1.50. The lowest BCUT2D eigenvalue weighted by molar-refractivity contribution is -0.153. The van der Waals surface area contributed by atoms with Crippen LogP contribution in [0.3, 0.4) is 0 Å². The molecule has 8 nitrogen and oxygen atoms in total. The van der Waals surface area contributed by atoms with Gasteiger partial charge in [-0.05, 0) is 50.7 Å². The first-order chi connectivity index (χ1) is 13.3. The van der Waals surface area contributed by atoms with Gasteiger partial charge in [0.25, 0.3) is 0 Å². The standard InChI is InChI=1S/C19H23FN4O4/c1-10-16(4-3-14(21-10)17-15(9-25)24(2)23-22-17)28-12-7-11-5-6-19(20,18(26)27)13(11)8-12/h3-4,11-13,25H,5-9H2,1-2H3,(H,26,27). The summed E-state index contributed by atoms with van der Waals surface area (Å²) in [6.45, 7) is 1.61. The van der Waals surface area contributed by atoms with E-state index in [0.717, 1.165) is 0 Å². The van der Waals surface area contributed by atoms with Crippen molar-refractivity contribution in [1.82, 2.24) is 20.0 Å². The molecule has 4 unspecified atom stereocenters. The zero-order chi connectivity index (χ0) is 20.1. The normalized spacial score (nSPS) is 29.1. The number of aliphatic carboxylic acids is 1. The summed E-state index contributed by atoms with van der Waals surface area (Å²) in [5, 5.41) is 26.7. The molecule has 9 heteroatoms. The van der Waals surface area contributed by atoms with E-state index in [0.29, 0.717) is 47.8 Å². The number of halogens is 1. The van der Waals surface area contributed by atoms with Gasteiger partial charge in [0.1, 0.15) is 11.4 Å². The second kappa shape index (κ2) is 6.80. The van der Waals surface area contributed by atoms with Crippen LogP contribution in [0.2, 0.25) is 0 Å². The van der Waals surface area contributed by atoms with Gasteiger partial charge in [-0.1, -0.05) is 5.21 Å². The van der Waals surface area contributed by atoms with E-state index in [2.05, 4.69) is 15.3 Å². The number of carbonyl (C=O) groups is 1. The summed E-state index contributed by atoms with van der Waals surface area (Å²) in [6, 6.07) is 3.53. The van der Waals surface area contributed by atoms with Crippen LogP contribution in [-0.4, -0.2) is 47.9 Å². The Kier molecular flexibility index (Phi) is 4.57. The average molecular weight is 390 g/mol. The molecule has 2 aliphatic carbocycles. The molecule has 0 aromatic carbocycles. The molecule has 150 valence electrons. The van der Waals surface area contributed by atoms with E-state index in [4.69, 9.17) is 4.74 Å². The quantitative estimate of drug-likeness (QED) is 0.804. The molecule has 2 aliphatic rings. The summed E-state index contributed by atoms with van der Waals surface area (Å²) in [4.78, 5) is 15.9. The van der Waals surface area contributed by atoms with E-state index in [9.17, 15) is 19.4 Å². The summed E-state index contributed by atoms with van der Waals surface area (Å²) >= 11 is 0. The molecule has 4 rings (SSSR count). The number of hydrogen-bond donors (Lipinski definition) is 2. The zero-order valence-electron chi connectivity index (χ0n) is 15.8. The van der Waals surface area contributed by atoms with Crippen molar-refractivity contribution >= 4 is 5.97 Å². The number of aliphatic hydroxyl groups is 1.